The van der Waals surface area contributed by atoms with E-state index in [1.54, 1.807) is 7.05 Å². The maximum atomic E-state index is 10.5. The zero-order valence-electron chi connectivity index (χ0n) is 4.97. The first-order valence-corrected chi connectivity index (χ1v) is 2.50. The molecule has 5 heteroatoms. The van der Waals surface area contributed by atoms with Crippen LogP contribution in [0.2, 0.25) is 0 Å². The highest BCUT2D eigenvalue weighted by molar-refractivity contribution is 5.96. The number of likely N-dealkylation sites (N-methyl/N-ethyl adjacent to an activating group) is 1. The third kappa shape index (κ3) is 1.39. The molecule has 1 aliphatic heterocycles. The minimum absolute atomic E-state index is 0.214. The van der Waals surface area contributed by atoms with Gasteiger partial charge in [-0.05, 0) is 0 Å². The van der Waals surface area contributed by atoms with Crippen molar-refractivity contribution in [3.8, 4) is 0 Å². The standard InChI is InChI=1S/C4H7N3O2/c1-7-2-3(8)5-4(9)6-7/h2H2,1H3,(H2,5,6,8,9). The second-order valence-corrected chi connectivity index (χ2v) is 1.85. The van der Waals surface area contributed by atoms with Crippen molar-refractivity contribution in [1.82, 2.24) is 15.8 Å². The number of rotatable bonds is 0. The normalized spacial score (nSPS) is 21.0. The molecule has 0 bridgehead atoms. The zero-order chi connectivity index (χ0) is 6.85. The highest BCUT2D eigenvalue weighted by Gasteiger charge is 2.17. The summed E-state index contributed by atoms with van der Waals surface area (Å²) in [5.41, 5.74) is 2.37. The van der Waals surface area contributed by atoms with Crippen molar-refractivity contribution in [1.29, 1.82) is 0 Å². The molecule has 0 aromatic rings. The molecule has 3 amide bonds. The molecule has 1 heterocycles. The summed E-state index contributed by atoms with van der Waals surface area (Å²) in [6.45, 7) is 0.214. The lowest BCUT2D eigenvalue weighted by atomic mass is 10.5. The zero-order valence-corrected chi connectivity index (χ0v) is 4.97. The average molecular weight is 129 g/mol. The monoisotopic (exact) mass is 129 g/mol. The van der Waals surface area contributed by atoms with E-state index in [-0.39, 0.29) is 12.5 Å². The van der Waals surface area contributed by atoms with Crippen LogP contribution >= 0.6 is 0 Å². The number of hydrogen-bond donors (Lipinski definition) is 2. The summed E-state index contributed by atoms with van der Waals surface area (Å²) in [5, 5.41) is 3.50. The van der Waals surface area contributed by atoms with Gasteiger partial charge in [0.1, 0.15) is 0 Å². The van der Waals surface area contributed by atoms with Gasteiger partial charge in [0.05, 0.1) is 6.54 Å². The highest BCUT2D eigenvalue weighted by Crippen LogP contribution is 1.82. The van der Waals surface area contributed by atoms with Gasteiger partial charge in [-0.15, -0.1) is 0 Å². The summed E-state index contributed by atoms with van der Waals surface area (Å²) in [5.74, 6) is -0.277. The first kappa shape index (κ1) is 6.03. The SMILES string of the molecule is CN1CC(=O)NC(=O)N1. The molecule has 0 radical (unpaired) electrons. The number of amides is 3. The number of imide groups is 1. The second-order valence-electron chi connectivity index (χ2n) is 1.85. The number of hydrogen-bond acceptors (Lipinski definition) is 3. The Hall–Kier alpha value is -1.10. The van der Waals surface area contributed by atoms with E-state index < -0.39 is 6.03 Å². The number of nitrogens with one attached hydrogen (secondary N) is 2. The molecule has 0 aliphatic carbocycles. The molecule has 0 saturated carbocycles. The molecule has 1 fully saturated rings. The van der Waals surface area contributed by atoms with E-state index in [1.807, 2.05) is 0 Å². The van der Waals surface area contributed by atoms with Crippen molar-refractivity contribution >= 4 is 11.9 Å². The van der Waals surface area contributed by atoms with Gasteiger partial charge in [0, 0.05) is 7.05 Å². The smallest absolute Gasteiger partial charge is 0.276 e. The molecule has 0 atom stereocenters. The minimum atomic E-state index is -0.464. The van der Waals surface area contributed by atoms with Gasteiger partial charge in [-0.2, -0.15) is 0 Å². The number of carbonyl (C=O) groups excluding carboxylic acids is 2. The van der Waals surface area contributed by atoms with Crippen molar-refractivity contribution in [2.24, 2.45) is 0 Å². The Bertz CT molecular complexity index is 140. The van der Waals surface area contributed by atoms with Crippen molar-refractivity contribution in [2.75, 3.05) is 13.6 Å². The average Bonchev–Trinajstić information content (AvgIpc) is 1.59. The van der Waals surface area contributed by atoms with Gasteiger partial charge >= 0.3 is 6.03 Å². The third-order valence-corrected chi connectivity index (χ3v) is 0.926. The molecule has 0 aromatic heterocycles. The maximum Gasteiger partial charge on any atom is 0.335 e. The van der Waals surface area contributed by atoms with Crippen LogP contribution in [0.3, 0.4) is 0 Å². The van der Waals surface area contributed by atoms with Gasteiger partial charge in [-0.3, -0.25) is 15.5 Å². The Labute approximate surface area is 52.0 Å². The van der Waals surface area contributed by atoms with Crippen LogP contribution in [-0.2, 0) is 4.79 Å². The van der Waals surface area contributed by atoms with Gasteiger partial charge in [0.15, 0.2) is 0 Å². The Balaban J connectivity index is 2.53. The number of urea groups is 1. The molecule has 2 N–H and O–H groups in total. The first-order chi connectivity index (χ1) is 4.18. The molecule has 1 aliphatic rings. The summed E-state index contributed by atoms with van der Waals surface area (Å²) in [4.78, 5) is 20.9. The quantitative estimate of drug-likeness (QED) is 0.426. The maximum absolute atomic E-state index is 10.5. The fourth-order valence-electron chi connectivity index (χ4n) is 0.622. The summed E-state index contributed by atoms with van der Waals surface area (Å²) in [6.07, 6.45) is 0. The van der Waals surface area contributed by atoms with E-state index in [0.717, 1.165) is 0 Å². The van der Waals surface area contributed by atoms with Crippen LogP contribution in [0, 0.1) is 0 Å². The molecule has 0 aromatic carbocycles. The summed E-state index contributed by atoms with van der Waals surface area (Å²) >= 11 is 0. The summed E-state index contributed by atoms with van der Waals surface area (Å²) in [7, 11) is 1.62. The molecule has 9 heavy (non-hydrogen) atoms. The van der Waals surface area contributed by atoms with Crippen molar-refractivity contribution < 1.29 is 9.59 Å². The predicted molar refractivity (Wildman–Crippen MR) is 29.3 cm³/mol. The van der Waals surface area contributed by atoms with Crippen molar-refractivity contribution in [3.63, 3.8) is 0 Å². The van der Waals surface area contributed by atoms with E-state index in [4.69, 9.17) is 0 Å². The lowest BCUT2D eigenvalue weighted by Crippen LogP contribution is -2.56. The summed E-state index contributed by atoms with van der Waals surface area (Å²) < 4.78 is 0. The number of nitrogens with zero attached hydrogens (tertiary/aromatic N) is 1. The van der Waals surface area contributed by atoms with Crippen LogP contribution in [0.5, 0.6) is 0 Å². The van der Waals surface area contributed by atoms with Crippen LogP contribution in [0.25, 0.3) is 0 Å². The molecular formula is C4H7N3O2. The largest absolute Gasteiger partial charge is 0.335 e. The summed E-state index contributed by atoms with van der Waals surface area (Å²) in [6, 6.07) is -0.464. The lowest BCUT2D eigenvalue weighted by molar-refractivity contribution is -0.122. The molecule has 5 nitrogen and oxygen atoms in total. The number of carbonyl (C=O) groups is 2. The van der Waals surface area contributed by atoms with Gasteiger partial charge < -0.3 is 0 Å². The Kier molecular flexibility index (Phi) is 1.35. The highest BCUT2D eigenvalue weighted by atomic mass is 16.2. The number of hydrazine groups is 1. The van der Waals surface area contributed by atoms with Crippen molar-refractivity contribution in [3.05, 3.63) is 0 Å². The Morgan fingerprint density at radius 2 is 2.22 bits per heavy atom. The topological polar surface area (TPSA) is 61.4 Å². The van der Waals surface area contributed by atoms with E-state index in [1.165, 1.54) is 5.01 Å². The van der Waals surface area contributed by atoms with Crippen LogP contribution in [0.4, 0.5) is 4.79 Å². The van der Waals surface area contributed by atoms with Crippen LogP contribution in [-0.4, -0.2) is 30.5 Å². The van der Waals surface area contributed by atoms with Crippen LogP contribution in [0.15, 0.2) is 0 Å². The van der Waals surface area contributed by atoms with Gasteiger partial charge in [-0.25, -0.2) is 9.80 Å². The van der Waals surface area contributed by atoms with E-state index >= 15 is 0 Å². The van der Waals surface area contributed by atoms with E-state index in [0.29, 0.717) is 0 Å². The first-order valence-electron chi connectivity index (χ1n) is 2.50. The predicted octanol–water partition coefficient (Wildman–Crippen LogP) is -1.33. The fraction of sp³-hybridized carbons (Fsp3) is 0.500. The van der Waals surface area contributed by atoms with E-state index in [9.17, 15) is 9.59 Å². The molecular weight excluding hydrogens is 122 g/mol. The van der Waals surface area contributed by atoms with E-state index in [2.05, 4.69) is 10.7 Å². The minimum Gasteiger partial charge on any atom is -0.276 e. The second kappa shape index (κ2) is 2.02. The molecule has 50 valence electrons. The van der Waals surface area contributed by atoms with Gasteiger partial charge in [-0.1, -0.05) is 0 Å². The molecule has 1 rings (SSSR count). The Morgan fingerprint density at radius 3 is 2.67 bits per heavy atom. The molecule has 0 unspecified atom stereocenters. The molecule has 0 spiro atoms. The fourth-order valence-corrected chi connectivity index (χ4v) is 0.622. The molecule has 1 saturated heterocycles. The van der Waals surface area contributed by atoms with Crippen LogP contribution in [0.1, 0.15) is 0 Å². The Morgan fingerprint density at radius 1 is 1.56 bits per heavy atom. The van der Waals surface area contributed by atoms with Gasteiger partial charge in [0.25, 0.3) is 0 Å². The van der Waals surface area contributed by atoms with Crippen molar-refractivity contribution in [2.45, 2.75) is 0 Å². The lowest BCUT2D eigenvalue weighted by Gasteiger charge is -2.21. The van der Waals surface area contributed by atoms with Crippen LogP contribution < -0.4 is 10.7 Å². The third-order valence-electron chi connectivity index (χ3n) is 0.926. The van der Waals surface area contributed by atoms with Gasteiger partial charge in [0.2, 0.25) is 5.91 Å².